The van der Waals surface area contributed by atoms with Gasteiger partial charge in [0, 0.05) is 17.8 Å². The van der Waals surface area contributed by atoms with E-state index in [1.807, 2.05) is 43.4 Å². The van der Waals surface area contributed by atoms with Crippen molar-refractivity contribution in [3.63, 3.8) is 0 Å². The summed E-state index contributed by atoms with van der Waals surface area (Å²) in [6, 6.07) is 22.5. The largest absolute Gasteiger partial charge is 0.344 e. The highest BCUT2D eigenvalue weighted by atomic mass is 32.2. The number of rotatable bonds is 2. The monoisotopic (exact) mass is 363 g/mol. The molecule has 0 saturated heterocycles. The average Bonchev–Trinajstić information content (AvgIpc) is 2.65. The number of hydrogen-bond acceptors (Lipinski definition) is 3. The lowest BCUT2D eigenvalue weighted by molar-refractivity contribution is 0.598. The van der Waals surface area contributed by atoms with Crippen LogP contribution in [0.25, 0.3) is 21.8 Å². The molecule has 0 aliphatic carbocycles. The van der Waals surface area contributed by atoms with Gasteiger partial charge in [0.2, 0.25) is 10.0 Å². The summed E-state index contributed by atoms with van der Waals surface area (Å²) in [6.07, 6.45) is 0. The first-order valence-corrected chi connectivity index (χ1v) is 9.64. The zero-order valence-electron chi connectivity index (χ0n) is 14.1. The summed E-state index contributed by atoms with van der Waals surface area (Å²) in [4.78, 5) is 4.89. The van der Waals surface area contributed by atoms with E-state index in [0.29, 0.717) is 5.69 Å². The Kier molecular flexibility index (Phi) is 3.86. The van der Waals surface area contributed by atoms with Gasteiger partial charge in [0.15, 0.2) is 0 Å². The Morgan fingerprint density at radius 3 is 1.81 bits per heavy atom. The van der Waals surface area contributed by atoms with Gasteiger partial charge in [-0.2, -0.15) is 0 Å². The standard InChI is InChI=1S/C20H17N3O2S/c1-23-18-8-4-2-6-16(18)20(17-7-3-5-9-19(17)23)22-14-10-12-15(13-11-14)26(21,24)25/h2-13H,1H3,(H2,21,24,25). The highest BCUT2D eigenvalue weighted by molar-refractivity contribution is 7.89. The van der Waals surface area contributed by atoms with Crippen molar-refractivity contribution in [2.75, 3.05) is 0 Å². The maximum atomic E-state index is 11.4. The summed E-state index contributed by atoms with van der Waals surface area (Å²) < 4.78 is 25.0. The molecular weight excluding hydrogens is 346 g/mol. The van der Waals surface area contributed by atoms with E-state index in [1.165, 1.54) is 12.1 Å². The Morgan fingerprint density at radius 2 is 1.31 bits per heavy atom. The molecule has 130 valence electrons. The molecule has 5 nitrogen and oxygen atoms in total. The fourth-order valence-corrected chi connectivity index (χ4v) is 3.68. The molecule has 3 aromatic carbocycles. The third-order valence-electron chi connectivity index (χ3n) is 4.45. The first-order chi connectivity index (χ1) is 12.4. The van der Waals surface area contributed by atoms with E-state index < -0.39 is 10.0 Å². The van der Waals surface area contributed by atoms with E-state index in [1.54, 1.807) is 12.1 Å². The lowest BCUT2D eigenvalue weighted by Crippen LogP contribution is -2.12. The topological polar surface area (TPSA) is 77.5 Å². The van der Waals surface area contributed by atoms with Gasteiger partial charge in [0.1, 0.15) is 0 Å². The van der Waals surface area contributed by atoms with E-state index in [0.717, 1.165) is 27.2 Å². The molecule has 0 saturated carbocycles. The average molecular weight is 363 g/mol. The van der Waals surface area contributed by atoms with Crippen LogP contribution in [0.1, 0.15) is 0 Å². The number of benzene rings is 3. The Morgan fingerprint density at radius 1 is 0.808 bits per heavy atom. The van der Waals surface area contributed by atoms with Crippen LogP contribution in [0.4, 0.5) is 5.69 Å². The van der Waals surface area contributed by atoms with Crippen LogP contribution in [0.15, 0.2) is 82.7 Å². The third-order valence-corrected chi connectivity index (χ3v) is 5.38. The second-order valence-corrected chi connectivity index (χ2v) is 7.65. The molecule has 1 aromatic heterocycles. The van der Waals surface area contributed by atoms with Crippen molar-refractivity contribution >= 4 is 37.5 Å². The summed E-state index contributed by atoms with van der Waals surface area (Å²) >= 11 is 0. The van der Waals surface area contributed by atoms with Crippen molar-refractivity contribution in [1.82, 2.24) is 4.57 Å². The summed E-state index contributed by atoms with van der Waals surface area (Å²) in [5, 5.41) is 8.09. The normalized spacial score (nSPS) is 11.8. The van der Waals surface area contributed by atoms with E-state index in [4.69, 9.17) is 10.1 Å². The van der Waals surface area contributed by atoms with E-state index in [2.05, 4.69) is 16.7 Å². The van der Waals surface area contributed by atoms with Gasteiger partial charge < -0.3 is 4.57 Å². The van der Waals surface area contributed by atoms with Crippen LogP contribution in [-0.2, 0) is 17.1 Å². The summed E-state index contributed by atoms with van der Waals surface area (Å²) in [6.45, 7) is 0. The molecule has 26 heavy (non-hydrogen) atoms. The Labute approximate surface area is 151 Å². The predicted octanol–water partition coefficient (Wildman–Crippen LogP) is 3.21. The minimum atomic E-state index is -3.71. The molecule has 0 fully saturated rings. The Hall–Kier alpha value is -2.96. The van der Waals surface area contributed by atoms with E-state index in [9.17, 15) is 8.42 Å². The molecule has 0 aliphatic rings. The fourth-order valence-electron chi connectivity index (χ4n) is 3.17. The number of primary sulfonamides is 1. The van der Waals surface area contributed by atoms with Gasteiger partial charge in [-0.1, -0.05) is 36.4 Å². The second-order valence-electron chi connectivity index (χ2n) is 6.09. The molecule has 0 spiro atoms. The molecule has 4 rings (SSSR count). The number of aryl methyl sites for hydroxylation is 1. The molecule has 0 atom stereocenters. The third kappa shape index (κ3) is 2.79. The van der Waals surface area contributed by atoms with Crippen LogP contribution in [0, 0.1) is 0 Å². The van der Waals surface area contributed by atoms with E-state index in [-0.39, 0.29) is 4.90 Å². The van der Waals surface area contributed by atoms with Crippen molar-refractivity contribution in [2.45, 2.75) is 4.90 Å². The Balaban J connectivity index is 2.06. The zero-order chi connectivity index (χ0) is 18.3. The number of pyridine rings is 1. The van der Waals surface area contributed by atoms with Crippen LogP contribution in [-0.4, -0.2) is 13.0 Å². The van der Waals surface area contributed by atoms with Gasteiger partial charge in [-0.05, 0) is 36.4 Å². The quantitative estimate of drug-likeness (QED) is 0.555. The van der Waals surface area contributed by atoms with Crippen molar-refractivity contribution in [3.8, 4) is 0 Å². The number of hydrogen-bond donors (Lipinski definition) is 1. The SMILES string of the molecule is Cn1c2ccccc2c(=Nc2ccc(S(N)(=O)=O)cc2)c2ccccc21. The van der Waals surface area contributed by atoms with Crippen molar-refractivity contribution < 1.29 is 8.42 Å². The van der Waals surface area contributed by atoms with Gasteiger partial charge in [0.05, 0.1) is 27.0 Å². The van der Waals surface area contributed by atoms with Crippen molar-refractivity contribution in [1.29, 1.82) is 0 Å². The molecule has 0 aliphatic heterocycles. The highest BCUT2D eigenvalue weighted by Gasteiger charge is 2.08. The van der Waals surface area contributed by atoms with Gasteiger partial charge >= 0.3 is 0 Å². The molecule has 1 heterocycles. The maximum Gasteiger partial charge on any atom is 0.238 e. The lowest BCUT2D eigenvalue weighted by atomic mass is 10.1. The van der Waals surface area contributed by atoms with Gasteiger partial charge in [-0.3, -0.25) is 0 Å². The first-order valence-electron chi connectivity index (χ1n) is 8.09. The molecule has 0 bridgehead atoms. The molecule has 6 heteroatoms. The molecule has 4 aromatic rings. The number of nitrogens with zero attached hydrogens (tertiary/aromatic N) is 2. The number of para-hydroxylation sites is 2. The summed E-state index contributed by atoms with van der Waals surface area (Å²) in [5.41, 5.74) is 2.82. The number of fused-ring (bicyclic) bond motifs is 2. The summed E-state index contributed by atoms with van der Waals surface area (Å²) in [5.74, 6) is 0. The van der Waals surface area contributed by atoms with Crippen molar-refractivity contribution in [2.24, 2.45) is 17.2 Å². The van der Waals surface area contributed by atoms with Crippen LogP contribution in [0.5, 0.6) is 0 Å². The Bertz CT molecular complexity index is 1240. The molecular formula is C20H17N3O2S. The van der Waals surface area contributed by atoms with Gasteiger partial charge in [-0.25, -0.2) is 18.5 Å². The predicted molar refractivity (Wildman–Crippen MR) is 103 cm³/mol. The van der Waals surface area contributed by atoms with Gasteiger partial charge in [-0.15, -0.1) is 0 Å². The molecule has 2 N–H and O–H groups in total. The fraction of sp³-hybridized carbons (Fsp3) is 0.0500. The molecule has 0 amide bonds. The smallest absolute Gasteiger partial charge is 0.238 e. The minimum absolute atomic E-state index is 0.0747. The highest BCUT2D eigenvalue weighted by Crippen LogP contribution is 2.20. The number of aromatic nitrogens is 1. The van der Waals surface area contributed by atoms with Crippen LogP contribution >= 0.6 is 0 Å². The number of sulfonamides is 1. The molecule has 0 unspecified atom stereocenters. The van der Waals surface area contributed by atoms with Crippen LogP contribution in [0.2, 0.25) is 0 Å². The van der Waals surface area contributed by atoms with Crippen molar-refractivity contribution in [3.05, 3.63) is 78.2 Å². The first kappa shape index (κ1) is 16.5. The van der Waals surface area contributed by atoms with E-state index >= 15 is 0 Å². The second kappa shape index (κ2) is 6.09. The lowest BCUT2D eigenvalue weighted by Gasteiger charge is -2.11. The molecule has 0 radical (unpaired) electrons. The maximum absolute atomic E-state index is 11.4. The van der Waals surface area contributed by atoms with Gasteiger partial charge in [0.25, 0.3) is 0 Å². The zero-order valence-corrected chi connectivity index (χ0v) is 14.9. The number of nitrogens with two attached hydrogens (primary N) is 1. The minimum Gasteiger partial charge on any atom is -0.344 e. The van der Waals surface area contributed by atoms with Crippen LogP contribution in [0.3, 0.4) is 0 Å². The van der Waals surface area contributed by atoms with Crippen LogP contribution < -0.4 is 10.5 Å². The summed E-state index contributed by atoms with van der Waals surface area (Å²) in [7, 11) is -1.68.